The van der Waals surface area contributed by atoms with E-state index >= 15 is 0 Å². The van der Waals surface area contributed by atoms with E-state index in [1.807, 2.05) is 25.1 Å². The van der Waals surface area contributed by atoms with Gasteiger partial charge < -0.3 is 15.0 Å². The molecule has 0 aliphatic carbocycles. The van der Waals surface area contributed by atoms with Crippen LogP contribution in [0.25, 0.3) is 0 Å². The van der Waals surface area contributed by atoms with Crippen molar-refractivity contribution in [2.45, 2.75) is 13.3 Å². The number of amides is 1. The largest absolute Gasteiger partial charge is 0.490 e. The Morgan fingerprint density at radius 3 is 2.80 bits per heavy atom. The summed E-state index contributed by atoms with van der Waals surface area (Å²) in [6.45, 7) is 3.35. The maximum atomic E-state index is 13.0. The molecule has 1 heterocycles. The number of methoxy groups -OCH3 is 1. The highest BCUT2D eigenvalue weighted by Gasteiger charge is 2.24. The molecule has 1 aliphatic heterocycles. The molecule has 0 radical (unpaired) electrons. The summed E-state index contributed by atoms with van der Waals surface area (Å²) in [5.74, 6) is -0.130. The number of ether oxygens (including phenoxy) is 1. The van der Waals surface area contributed by atoms with Crippen LogP contribution in [0.1, 0.15) is 22.3 Å². The van der Waals surface area contributed by atoms with Crippen LogP contribution < -0.4 is 15.0 Å². The van der Waals surface area contributed by atoms with Crippen molar-refractivity contribution < 1.29 is 14.5 Å². The van der Waals surface area contributed by atoms with Crippen LogP contribution in [0.15, 0.2) is 36.4 Å². The number of nitro groups is 1. The van der Waals surface area contributed by atoms with Gasteiger partial charge >= 0.3 is 5.69 Å². The van der Waals surface area contributed by atoms with Gasteiger partial charge in [0, 0.05) is 30.8 Å². The van der Waals surface area contributed by atoms with Crippen LogP contribution in [0.4, 0.5) is 17.1 Å². The number of aryl methyl sites for hydroxylation is 1. The SMILES string of the molecule is COc1cc(C(=O)N2CCCNc3cc(C)ccc32)ccc1[N+](=O)[O-]. The van der Waals surface area contributed by atoms with Gasteiger partial charge in [-0.3, -0.25) is 14.9 Å². The van der Waals surface area contributed by atoms with Crippen LogP contribution in [0, 0.1) is 17.0 Å². The second-order valence-electron chi connectivity index (χ2n) is 5.90. The molecule has 0 atom stereocenters. The van der Waals surface area contributed by atoms with E-state index in [0.717, 1.165) is 29.9 Å². The number of benzene rings is 2. The van der Waals surface area contributed by atoms with Gasteiger partial charge in [0.05, 0.1) is 23.4 Å². The summed E-state index contributed by atoms with van der Waals surface area (Å²) in [6.07, 6.45) is 0.809. The Morgan fingerprint density at radius 2 is 2.08 bits per heavy atom. The predicted octanol–water partition coefficient (Wildman–Crippen LogP) is 3.37. The molecular weight excluding hydrogens is 322 g/mol. The van der Waals surface area contributed by atoms with Crippen molar-refractivity contribution >= 4 is 23.0 Å². The van der Waals surface area contributed by atoms with E-state index in [4.69, 9.17) is 4.74 Å². The molecule has 0 spiro atoms. The maximum Gasteiger partial charge on any atom is 0.310 e. The lowest BCUT2D eigenvalue weighted by Gasteiger charge is -2.23. The quantitative estimate of drug-likeness (QED) is 0.683. The fourth-order valence-electron chi connectivity index (χ4n) is 2.94. The van der Waals surface area contributed by atoms with Crippen molar-refractivity contribution in [3.63, 3.8) is 0 Å². The van der Waals surface area contributed by atoms with E-state index in [1.165, 1.54) is 25.3 Å². The third kappa shape index (κ3) is 3.26. The summed E-state index contributed by atoms with van der Waals surface area (Å²) < 4.78 is 5.07. The lowest BCUT2D eigenvalue weighted by atomic mass is 10.1. The lowest BCUT2D eigenvalue weighted by Crippen LogP contribution is -2.31. The topological polar surface area (TPSA) is 84.7 Å². The summed E-state index contributed by atoms with van der Waals surface area (Å²) in [7, 11) is 1.35. The summed E-state index contributed by atoms with van der Waals surface area (Å²) >= 11 is 0. The number of anilines is 2. The van der Waals surface area contributed by atoms with E-state index in [0.29, 0.717) is 12.1 Å². The molecule has 2 aromatic carbocycles. The van der Waals surface area contributed by atoms with Crippen molar-refractivity contribution in [3.8, 4) is 5.75 Å². The molecule has 1 N–H and O–H groups in total. The van der Waals surface area contributed by atoms with Crippen LogP contribution in [0.2, 0.25) is 0 Å². The van der Waals surface area contributed by atoms with Gasteiger partial charge in [-0.25, -0.2) is 0 Å². The minimum absolute atomic E-state index is 0.0768. The van der Waals surface area contributed by atoms with Crippen LogP contribution >= 0.6 is 0 Å². The number of rotatable bonds is 3. The van der Waals surface area contributed by atoms with Gasteiger partial charge in [-0.1, -0.05) is 6.07 Å². The molecule has 0 saturated carbocycles. The highest BCUT2D eigenvalue weighted by molar-refractivity contribution is 6.08. The smallest absolute Gasteiger partial charge is 0.310 e. The lowest BCUT2D eigenvalue weighted by molar-refractivity contribution is -0.385. The van der Waals surface area contributed by atoms with E-state index < -0.39 is 4.92 Å². The fourth-order valence-corrected chi connectivity index (χ4v) is 2.94. The highest BCUT2D eigenvalue weighted by Crippen LogP contribution is 2.32. The molecule has 3 rings (SSSR count). The summed E-state index contributed by atoms with van der Waals surface area (Å²) in [5, 5.41) is 14.4. The van der Waals surface area contributed by atoms with Crippen molar-refractivity contribution in [2.24, 2.45) is 0 Å². The first-order chi connectivity index (χ1) is 12.0. The van der Waals surface area contributed by atoms with Crippen molar-refractivity contribution in [3.05, 3.63) is 57.6 Å². The summed E-state index contributed by atoms with van der Waals surface area (Å²) in [5.41, 5.74) is 3.03. The number of nitrogens with zero attached hydrogens (tertiary/aromatic N) is 2. The average Bonchev–Trinajstić information content (AvgIpc) is 2.82. The Kier molecular flexibility index (Phi) is 4.56. The zero-order valence-corrected chi connectivity index (χ0v) is 14.1. The molecule has 130 valence electrons. The molecule has 1 amide bonds. The number of fused-ring (bicyclic) bond motifs is 1. The molecule has 0 aromatic heterocycles. The number of nitro benzene ring substituents is 1. The van der Waals surface area contributed by atoms with E-state index in [2.05, 4.69) is 5.32 Å². The average molecular weight is 341 g/mol. The van der Waals surface area contributed by atoms with Crippen LogP contribution in [0.5, 0.6) is 5.75 Å². The van der Waals surface area contributed by atoms with Gasteiger partial charge in [0.25, 0.3) is 5.91 Å². The Balaban J connectivity index is 2.00. The zero-order chi connectivity index (χ0) is 18.0. The number of carbonyl (C=O) groups excluding carboxylic acids is 1. The first-order valence-corrected chi connectivity index (χ1v) is 8.00. The summed E-state index contributed by atoms with van der Waals surface area (Å²) in [6, 6.07) is 10.1. The normalized spacial score (nSPS) is 13.4. The second-order valence-corrected chi connectivity index (χ2v) is 5.90. The van der Waals surface area contributed by atoms with Crippen molar-refractivity contribution in [1.29, 1.82) is 0 Å². The Labute approximate surface area is 145 Å². The van der Waals surface area contributed by atoms with Crippen molar-refractivity contribution in [2.75, 3.05) is 30.4 Å². The molecule has 0 bridgehead atoms. The van der Waals surface area contributed by atoms with E-state index in [-0.39, 0.29) is 17.3 Å². The van der Waals surface area contributed by atoms with Gasteiger partial charge in [0.2, 0.25) is 0 Å². The van der Waals surface area contributed by atoms with Gasteiger partial charge in [0.1, 0.15) is 0 Å². The first-order valence-electron chi connectivity index (χ1n) is 8.00. The van der Waals surface area contributed by atoms with E-state index in [1.54, 1.807) is 4.90 Å². The molecule has 7 heteroatoms. The Bertz CT molecular complexity index is 835. The third-order valence-corrected chi connectivity index (χ3v) is 4.19. The third-order valence-electron chi connectivity index (χ3n) is 4.19. The van der Waals surface area contributed by atoms with Gasteiger partial charge in [0.15, 0.2) is 5.75 Å². The molecule has 2 aromatic rings. The predicted molar refractivity (Wildman–Crippen MR) is 95.6 cm³/mol. The molecule has 7 nitrogen and oxygen atoms in total. The second kappa shape index (κ2) is 6.80. The van der Waals surface area contributed by atoms with Gasteiger partial charge in [-0.15, -0.1) is 0 Å². The minimum atomic E-state index is -0.527. The standard InChI is InChI=1S/C18H19N3O4/c1-12-4-6-15-14(10-12)19-8-3-9-20(15)18(22)13-5-7-16(21(23)24)17(11-13)25-2/h4-7,10-11,19H,3,8-9H2,1-2H3. The number of hydrogen-bond donors (Lipinski definition) is 1. The Hall–Kier alpha value is -3.09. The van der Waals surface area contributed by atoms with Gasteiger partial charge in [-0.2, -0.15) is 0 Å². The minimum Gasteiger partial charge on any atom is -0.490 e. The molecule has 0 saturated heterocycles. The van der Waals surface area contributed by atoms with Crippen molar-refractivity contribution in [1.82, 2.24) is 0 Å². The maximum absolute atomic E-state index is 13.0. The molecule has 25 heavy (non-hydrogen) atoms. The van der Waals surface area contributed by atoms with Gasteiger partial charge in [-0.05, 0) is 37.1 Å². The highest BCUT2D eigenvalue weighted by atomic mass is 16.6. The summed E-state index contributed by atoms with van der Waals surface area (Å²) in [4.78, 5) is 25.2. The number of hydrogen-bond acceptors (Lipinski definition) is 5. The molecule has 1 aliphatic rings. The number of nitrogens with one attached hydrogen (secondary N) is 1. The molecule has 0 unspecified atom stereocenters. The molecular formula is C18H19N3O4. The molecule has 0 fully saturated rings. The monoisotopic (exact) mass is 341 g/mol. The number of carbonyl (C=O) groups is 1. The van der Waals surface area contributed by atoms with Crippen LogP contribution in [0.3, 0.4) is 0 Å². The van der Waals surface area contributed by atoms with Crippen LogP contribution in [-0.2, 0) is 0 Å². The zero-order valence-electron chi connectivity index (χ0n) is 14.1. The fraction of sp³-hybridized carbons (Fsp3) is 0.278. The first kappa shape index (κ1) is 16.8. The van der Waals surface area contributed by atoms with Crippen LogP contribution in [-0.4, -0.2) is 31.0 Å². The Morgan fingerprint density at radius 1 is 1.28 bits per heavy atom. The van der Waals surface area contributed by atoms with E-state index in [9.17, 15) is 14.9 Å².